The van der Waals surface area contributed by atoms with E-state index in [1.165, 1.54) is 12.1 Å². The number of benzene rings is 2. The number of methoxy groups -OCH3 is 1. The van der Waals surface area contributed by atoms with Gasteiger partial charge in [0, 0.05) is 13.0 Å². The molecule has 0 aliphatic heterocycles. The van der Waals surface area contributed by atoms with Crippen molar-refractivity contribution in [2.24, 2.45) is 0 Å². The zero-order valence-electron chi connectivity index (χ0n) is 15.5. The molecular formula is C21H24FNO4. The van der Waals surface area contributed by atoms with Crippen molar-refractivity contribution >= 4 is 11.9 Å². The lowest BCUT2D eigenvalue weighted by Gasteiger charge is -2.13. The zero-order valence-corrected chi connectivity index (χ0v) is 15.5. The van der Waals surface area contributed by atoms with E-state index in [9.17, 15) is 14.0 Å². The van der Waals surface area contributed by atoms with Gasteiger partial charge in [0.1, 0.15) is 11.6 Å². The lowest BCUT2D eigenvalue weighted by molar-refractivity contribution is -0.154. The number of rotatable bonds is 9. The molecule has 0 saturated heterocycles. The van der Waals surface area contributed by atoms with Crippen molar-refractivity contribution in [2.75, 3.05) is 13.7 Å². The van der Waals surface area contributed by atoms with E-state index in [0.29, 0.717) is 19.4 Å². The van der Waals surface area contributed by atoms with Gasteiger partial charge in [-0.25, -0.2) is 4.39 Å². The molecule has 0 heterocycles. The third-order valence-corrected chi connectivity index (χ3v) is 4.08. The SMILES string of the molecule is COc1ccc(CCC(=O)O[C@@H](C)C(=O)NCCc2ccc(F)cc2)cc1. The minimum atomic E-state index is -0.860. The van der Waals surface area contributed by atoms with Crippen molar-refractivity contribution in [3.05, 3.63) is 65.5 Å². The topological polar surface area (TPSA) is 64.6 Å². The van der Waals surface area contributed by atoms with Gasteiger partial charge < -0.3 is 14.8 Å². The Balaban J connectivity index is 1.67. The van der Waals surface area contributed by atoms with Crippen LogP contribution in [0.5, 0.6) is 5.75 Å². The summed E-state index contributed by atoms with van der Waals surface area (Å²) in [5.74, 6) is -0.313. The first-order valence-corrected chi connectivity index (χ1v) is 8.82. The van der Waals surface area contributed by atoms with Crippen molar-refractivity contribution in [3.8, 4) is 5.75 Å². The Bertz CT molecular complexity index is 744. The van der Waals surface area contributed by atoms with Crippen LogP contribution in [0.2, 0.25) is 0 Å². The highest BCUT2D eigenvalue weighted by Gasteiger charge is 2.17. The first kappa shape index (κ1) is 20.4. The normalized spacial score (nSPS) is 11.5. The monoisotopic (exact) mass is 373 g/mol. The van der Waals surface area contributed by atoms with E-state index in [0.717, 1.165) is 16.9 Å². The van der Waals surface area contributed by atoms with E-state index < -0.39 is 12.1 Å². The van der Waals surface area contributed by atoms with Crippen LogP contribution in [0.25, 0.3) is 0 Å². The molecule has 5 nitrogen and oxygen atoms in total. The predicted molar refractivity (Wildman–Crippen MR) is 100.0 cm³/mol. The molecule has 1 atom stereocenters. The van der Waals surface area contributed by atoms with Crippen LogP contribution >= 0.6 is 0 Å². The van der Waals surface area contributed by atoms with E-state index in [-0.39, 0.29) is 18.1 Å². The van der Waals surface area contributed by atoms with E-state index in [1.807, 2.05) is 24.3 Å². The molecule has 0 spiro atoms. The lowest BCUT2D eigenvalue weighted by Crippen LogP contribution is -2.36. The number of halogens is 1. The summed E-state index contributed by atoms with van der Waals surface area (Å²) in [5.41, 5.74) is 1.91. The van der Waals surface area contributed by atoms with Gasteiger partial charge in [0.15, 0.2) is 6.10 Å². The average molecular weight is 373 g/mol. The molecule has 144 valence electrons. The first-order valence-electron chi connectivity index (χ1n) is 8.82. The molecular weight excluding hydrogens is 349 g/mol. The summed E-state index contributed by atoms with van der Waals surface area (Å²) in [5, 5.41) is 2.71. The summed E-state index contributed by atoms with van der Waals surface area (Å²) in [4.78, 5) is 23.9. The summed E-state index contributed by atoms with van der Waals surface area (Å²) >= 11 is 0. The fraction of sp³-hybridized carbons (Fsp3) is 0.333. The van der Waals surface area contributed by atoms with E-state index in [2.05, 4.69) is 5.32 Å². The largest absolute Gasteiger partial charge is 0.497 e. The van der Waals surface area contributed by atoms with E-state index >= 15 is 0 Å². The lowest BCUT2D eigenvalue weighted by atomic mass is 10.1. The van der Waals surface area contributed by atoms with Crippen molar-refractivity contribution in [3.63, 3.8) is 0 Å². The van der Waals surface area contributed by atoms with Crippen LogP contribution in [0.1, 0.15) is 24.5 Å². The number of esters is 1. The Labute approximate surface area is 158 Å². The van der Waals surface area contributed by atoms with Gasteiger partial charge in [-0.3, -0.25) is 9.59 Å². The van der Waals surface area contributed by atoms with Gasteiger partial charge in [0.25, 0.3) is 5.91 Å². The third-order valence-electron chi connectivity index (χ3n) is 4.08. The summed E-state index contributed by atoms with van der Waals surface area (Å²) in [6, 6.07) is 13.5. The molecule has 2 rings (SSSR count). The molecule has 0 fully saturated rings. The molecule has 0 aliphatic carbocycles. The highest BCUT2D eigenvalue weighted by molar-refractivity contribution is 5.83. The van der Waals surface area contributed by atoms with Crippen molar-refractivity contribution in [1.82, 2.24) is 5.32 Å². The number of carbonyl (C=O) groups is 2. The van der Waals surface area contributed by atoms with Gasteiger partial charge in [-0.05, 0) is 55.2 Å². The fourth-order valence-electron chi connectivity index (χ4n) is 2.47. The molecule has 6 heteroatoms. The second-order valence-corrected chi connectivity index (χ2v) is 6.15. The summed E-state index contributed by atoms with van der Waals surface area (Å²) in [6.07, 6.45) is 0.437. The molecule has 0 aliphatic rings. The van der Waals surface area contributed by atoms with Gasteiger partial charge in [-0.15, -0.1) is 0 Å². The van der Waals surface area contributed by atoms with Crippen LogP contribution < -0.4 is 10.1 Å². The van der Waals surface area contributed by atoms with Crippen LogP contribution in [0.4, 0.5) is 4.39 Å². The molecule has 0 saturated carbocycles. The average Bonchev–Trinajstić information content (AvgIpc) is 2.68. The van der Waals surface area contributed by atoms with Crippen LogP contribution in [0.3, 0.4) is 0 Å². The first-order chi connectivity index (χ1) is 13.0. The zero-order chi connectivity index (χ0) is 19.6. The molecule has 0 aromatic heterocycles. The number of hydrogen-bond donors (Lipinski definition) is 1. The van der Waals surface area contributed by atoms with Gasteiger partial charge >= 0.3 is 5.97 Å². The molecule has 0 unspecified atom stereocenters. The number of carbonyl (C=O) groups excluding carboxylic acids is 2. The van der Waals surface area contributed by atoms with Crippen LogP contribution in [-0.4, -0.2) is 31.6 Å². The Kier molecular flexibility index (Phi) is 7.79. The van der Waals surface area contributed by atoms with Gasteiger partial charge in [0.05, 0.1) is 7.11 Å². The Morgan fingerprint density at radius 3 is 2.22 bits per heavy atom. The number of hydrogen-bond acceptors (Lipinski definition) is 4. The van der Waals surface area contributed by atoms with Gasteiger partial charge in [-0.2, -0.15) is 0 Å². The number of amides is 1. The maximum atomic E-state index is 12.8. The molecule has 1 amide bonds. The van der Waals surface area contributed by atoms with Crippen LogP contribution in [-0.2, 0) is 27.2 Å². The molecule has 0 radical (unpaired) electrons. The van der Waals surface area contributed by atoms with E-state index in [4.69, 9.17) is 9.47 Å². The molecule has 2 aromatic carbocycles. The third kappa shape index (κ3) is 7.09. The van der Waals surface area contributed by atoms with Crippen molar-refractivity contribution in [2.45, 2.75) is 32.3 Å². The number of nitrogens with one attached hydrogen (secondary N) is 1. The standard InChI is InChI=1S/C21H24FNO4/c1-15(21(25)23-14-13-17-3-8-18(22)9-4-17)27-20(24)12-7-16-5-10-19(26-2)11-6-16/h3-6,8-11,15H,7,12-14H2,1-2H3,(H,23,25)/t15-/m0/s1. The van der Waals surface area contributed by atoms with Gasteiger partial charge in [0.2, 0.25) is 0 Å². The van der Waals surface area contributed by atoms with Crippen LogP contribution in [0, 0.1) is 5.82 Å². The number of aryl methyl sites for hydroxylation is 1. The van der Waals surface area contributed by atoms with Crippen molar-refractivity contribution in [1.29, 1.82) is 0 Å². The summed E-state index contributed by atoms with van der Waals surface area (Å²) in [7, 11) is 1.60. The second-order valence-electron chi connectivity index (χ2n) is 6.15. The molecule has 2 aromatic rings. The molecule has 1 N–H and O–H groups in total. The predicted octanol–water partition coefficient (Wildman–Crippen LogP) is 3.06. The minimum Gasteiger partial charge on any atom is -0.497 e. The number of ether oxygens (including phenoxy) is 2. The maximum Gasteiger partial charge on any atom is 0.306 e. The summed E-state index contributed by atoms with van der Waals surface area (Å²) < 4.78 is 23.1. The smallest absolute Gasteiger partial charge is 0.306 e. The Morgan fingerprint density at radius 2 is 1.59 bits per heavy atom. The second kappa shape index (κ2) is 10.3. The molecule has 27 heavy (non-hydrogen) atoms. The Morgan fingerprint density at radius 1 is 1.00 bits per heavy atom. The maximum absolute atomic E-state index is 12.8. The highest BCUT2D eigenvalue weighted by Crippen LogP contribution is 2.13. The van der Waals surface area contributed by atoms with Gasteiger partial charge in [-0.1, -0.05) is 24.3 Å². The van der Waals surface area contributed by atoms with Crippen molar-refractivity contribution < 1.29 is 23.5 Å². The molecule has 0 bridgehead atoms. The van der Waals surface area contributed by atoms with E-state index in [1.54, 1.807) is 26.2 Å². The fourth-order valence-corrected chi connectivity index (χ4v) is 2.47. The highest BCUT2D eigenvalue weighted by atomic mass is 19.1. The van der Waals surface area contributed by atoms with Crippen LogP contribution in [0.15, 0.2) is 48.5 Å². The Hall–Kier alpha value is -2.89. The summed E-state index contributed by atoms with van der Waals surface area (Å²) in [6.45, 7) is 1.93. The quantitative estimate of drug-likeness (QED) is 0.686. The minimum absolute atomic E-state index is 0.194.